The minimum Gasteiger partial charge on any atom is -0.496 e. The number of hydrogen-bond donors (Lipinski definition) is 3. The number of piperazine rings is 1. The lowest BCUT2D eigenvalue weighted by atomic mass is 9.43. The van der Waals surface area contributed by atoms with Crippen molar-refractivity contribution < 1.29 is 61.8 Å². The minimum absolute atomic E-state index is 0.0239. The van der Waals surface area contributed by atoms with Crippen molar-refractivity contribution in [3.63, 3.8) is 0 Å². The fourth-order valence-corrected chi connectivity index (χ4v) is 10.3. The fraction of sp³-hybridized carbons (Fsp3) is 0.617. The number of nitrogens with zero attached hydrogens (tertiary/aromatic N) is 2. The van der Waals surface area contributed by atoms with Gasteiger partial charge >= 0.3 is 37.0 Å². The van der Waals surface area contributed by atoms with Crippen LogP contribution < -0.4 is 30.2 Å². The molecular weight excluding hydrogens is 889 g/mol. The summed E-state index contributed by atoms with van der Waals surface area (Å²) in [6, 6.07) is 5.88. The third kappa shape index (κ3) is 9.73. The van der Waals surface area contributed by atoms with Crippen LogP contribution in [0.25, 0.3) is 0 Å². The molecule has 366 valence electrons. The Kier molecular flexibility index (Phi) is 14.5. The van der Waals surface area contributed by atoms with Gasteiger partial charge in [-0.1, -0.05) is 64.4 Å². The third-order valence-electron chi connectivity index (χ3n) is 14.0. The lowest BCUT2D eigenvalue weighted by Crippen LogP contribution is -2.71. The van der Waals surface area contributed by atoms with Gasteiger partial charge in [-0.3, -0.25) is 19.3 Å². The van der Waals surface area contributed by atoms with Crippen molar-refractivity contribution in [2.45, 2.75) is 117 Å². The number of benzene rings is 2. The highest BCUT2D eigenvalue weighted by molar-refractivity contribution is 6.50. The molecule has 3 saturated carbocycles. The first-order valence-electron chi connectivity index (χ1n) is 22.5. The van der Waals surface area contributed by atoms with Gasteiger partial charge in [-0.25, -0.2) is 14.4 Å². The summed E-state index contributed by atoms with van der Waals surface area (Å²) in [5.74, 6) is -2.70. The lowest BCUT2D eigenvalue weighted by Gasteiger charge is -2.64. The van der Waals surface area contributed by atoms with Crippen LogP contribution in [0, 0.1) is 22.7 Å². The van der Waals surface area contributed by atoms with Gasteiger partial charge in [-0.15, -0.1) is 0 Å². The topological polar surface area (TPSA) is 210 Å². The van der Waals surface area contributed by atoms with Crippen LogP contribution in [0.4, 0.5) is 9.59 Å². The molecule has 3 N–H and O–H groups in total. The summed E-state index contributed by atoms with van der Waals surface area (Å²) in [6.45, 7) is 18.1. The second-order valence-electron chi connectivity index (χ2n) is 20.6. The monoisotopic (exact) mass is 953 g/mol. The highest BCUT2D eigenvalue weighted by Crippen LogP contribution is 2.66. The van der Waals surface area contributed by atoms with E-state index >= 15 is 4.79 Å². The first kappa shape index (κ1) is 51.1. The highest BCUT2D eigenvalue weighted by Gasteiger charge is 2.72. The molecule has 5 aliphatic rings. The van der Waals surface area contributed by atoms with E-state index in [0.29, 0.717) is 12.3 Å². The number of imide groups is 1. The molecule has 67 heavy (non-hydrogen) atoms. The van der Waals surface area contributed by atoms with Crippen LogP contribution in [0.5, 0.6) is 17.2 Å². The van der Waals surface area contributed by atoms with Gasteiger partial charge in [0.2, 0.25) is 5.91 Å². The Morgan fingerprint density at radius 2 is 1.60 bits per heavy atom. The molecule has 0 spiro atoms. The average Bonchev–Trinajstić information content (AvgIpc) is 3.62. The maximum atomic E-state index is 15.5. The molecule has 18 nitrogen and oxygen atoms in total. The number of amides is 6. The van der Waals surface area contributed by atoms with E-state index in [1.54, 1.807) is 52.0 Å². The van der Waals surface area contributed by atoms with Crippen LogP contribution >= 0.6 is 11.6 Å². The quantitative estimate of drug-likeness (QED) is 0.118. The normalized spacial score (nSPS) is 24.6. The van der Waals surface area contributed by atoms with Crippen LogP contribution in [-0.4, -0.2) is 129 Å². The zero-order valence-electron chi connectivity index (χ0n) is 40.8. The number of hydrogen-bond acceptors (Lipinski definition) is 13. The first-order chi connectivity index (χ1) is 31.2. The van der Waals surface area contributed by atoms with Crippen molar-refractivity contribution in [3.8, 4) is 17.2 Å². The Hall–Kier alpha value is -5.27. The van der Waals surface area contributed by atoms with Gasteiger partial charge in [-0.2, -0.15) is 0 Å². The molecule has 2 bridgehead atoms. The Morgan fingerprint density at radius 3 is 2.21 bits per heavy atom. The van der Waals surface area contributed by atoms with Gasteiger partial charge in [-0.05, 0) is 88.3 Å². The molecule has 2 aromatic rings. The zero-order chi connectivity index (χ0) is 49.6. The molecular formula is C47H65BClN5O13. The Morgan fingerprint density at radius 1 is 0.925 bits per heavy atom. The third-order valence-corrected chi connectivity index (χ3v) is 14.4. The number of urea groups is 1. The molecule has 5 fully saturated rings. The lowest BCUT2D eigenvalue weighted by molar-refractivity contribution is -0.199. The average molecular weight is 954 g/mol. The van der Waals surface area contributed by atoms with E-state index in [4.69, 9.17) is 44.6 Å². The predicted molar refractivity (Wildman–Crippen MR) is 247 cm³/mol. The molecule has 7 atom stereocenters. The number of methoxy groups -OCH3 is 3. The van der Waals surface area contributed by atoms with Crippen LogP contribution in [0.2, 0.25) is 5.02 Å². The molecule has 2 aromatic carbocycles. The Labute approximate surface area is 397 Å². The van der Waals surface area contributed by atoms with Crippen LogP contribution in [0.1, 0.15) is 104 Å². The van der Waals surface area contributed by atoms with Crippen molar-refractivity contribution in [3.05, 3.63) is 52.5 Å². The standard InChI is InChI=1S/C47H65BClN5O13/c1-26-24-53(21-20-50-42(60)65-44(5,6)7)38(56)39(57)54(26)41(59)51-35(29-18-19-31(62-12)36(63-13)34(29)49)37(55)52-47(43(2,3)4,25-64-40(58)28-16-14-15-17-30(28)61-11)48-66-33-23-27-22-32(45(27,8)9)46(33,10)67-48/h14-19,26-27,32-33,35H,20-25H2,1-13H3,(H,50,60)(H,51,59)(H,52,55)/t26-,27-,32-,33+,35?,46-,47-/m0/s1. The SMILES string of the molecule is COc1ccccc1C(=O)OC[C@@](NC(=O)C(NC(=O)N1C(=O)C(=O)N(CCNC(=O)OC(C)(C)C)C[C@@H]1C)c1ccc(OC)c(OC)c1Cl)(B1O[C@@H]2C[C@@H]3C[C@@H](C3(C)C)[C@]2(C)O1)C(C)(C)C. The molecule has 6 amide bonds. The highest BCUT2D eigenvalue weighted by atomic mass is 35.5. The predicted octanol–water partition coefficient (Wildman–Crippen LogP) is 5.73. The summed E-state index contributed by atoms with van der Waals surface area (Å²) in [5.41, 5.74) is -4.07. The second kappa shape index (κ2) is 19.0. The molecule has 3 aliphatic carbocycles. The van der Waals surface area contributed by atoms with E-state index in [2.05, 4.69) is 29.8 Å². The fourth-order valence-electron chi connectivity index (χ4n) is 9.98. The van der Waals surface area contributed by atoms with Gasteiger partial charge in [0.1, 0.15) is 35.0 Å². The van der Waals surface area contributed by atoms with Gasteiger partial charge in [0.15, 0.2) is 11.5 Å². The summed E-state index contributed by atoms with van der Waals surface area (Å²) in [5, 5.41) is 8.29. The second-order valence-corrected chi connectivity index (χ2v) is 21.0. The van der Waals surface area contributed by atoms with Crippen molar-refractivity contribution in [2.24, 2.45) is 22.7 Å². The number of esters is 1. The summed E-state index contributed by atoms with van der Waals surface area (Å²) < 4.78 is 41.8. The number of carbonyl (C=O) groups excluding carboxylic acids is 6. The molecule has 0 radical (unpaired) electrons. The number of alkyl carbamates (subject to hydrolysis) is 1. The molecule has 0 aromatic heterocycles. The van der Waals surface area contributed by atoms with E-state index in [0.717, 1.165) is 11.3 Å². The molecule has 1 unspecified atom stereocenters. The number of halogens is 1. The van der Waals surface area contributed by atoms with E-state index < -0.39 is 83.7 Å². The van der Waals surface area contributed by atoms with Crippen molar-refractivity contribution >= 4 is 54.5 Å². The summed E-state index contributed by atoms with van der Waals surface area (Å²) in [6.07, 6.45) is 0.602. The van der Waals surface area contributed by atoms with Gasteiger partial charge in [0, 0.05) is 25.2 Å². The molecule has 2 heterocycles. The van der Waals surface area contributed by atoms with Crippen molar-refractivity contribution in [2.75, 3.05) is 47.6 Å². The summed E-state index contributed by atoms with van der Waals surface area (Å²) in [4.78, 5) is 85.4. The van der Waals surface area contributed by atoms with E-state index in [1.807, 2.05) is 27.7 Å². The summed E-state index contributed by atoms with van der Waals surface area (Å²) in [7, 11) is 3.01. The number of rotatable bonds is 14. The van der Waals surface area contributed by atoms with Gasteiger partial charge in [0.25, 0.3) is 0 Å². The first-order valence-corrected chi connectivity index (χ1v) is 22.9. The molecule has 2 saturated heterocycles. The summed E-state index contributed by atoms with van der Waals surface area (Å²) >= 11 is 7.00. The number of nitrogens with one attached hydrogen (secondary N) is 3. The Balaban J connectivity index is 1.36. The van der Waals surface area contributed by atoms with E-state index in [9.17, 15) is 24.0 Å². The molecule has 2 aliphatic heterocycles. The molecule has 20 heteroatoms. The van der Waals surface area contributed by atoms with Gasteiger partial charge in [0.05, 0.1) is 44.1 Å². The molecule has 7 rings (SSSR count). The smallest absolute Gasteiger partial charge is 0.489 e. The van der Waals surface area contributed by atoms with Crippen molar-refractivity contribution in [1.29, 1.82) is 0 Å². The van der Waals surface area contributed by atoms with Crippen LogP contribution in [0.3, 0.4) is 0 Å². The minimum atomic E-state index is -1.69. The zero-order valence-corrected chi connectivity index (χ0v) is 41.5. The van der Waals surface area contributed by atoms with Crippen LogP contribution in [-0.2, 0) is 33.2 Å². The largest absolute Gasteiger partial charge is 0.496 e. The van der Waals surface area contributed by atoms with Crippen LogP contribution in [0.15, 0.2) is 36.4 Å². The maximum Gasteiger partial charge on any atom is 0.489 e. The number of para-hydroxylation sites is 1. The van der Waals surface area contributed by atoms with E-state index in [1.165, 1.54) is 38.4 Å². The van der Waals surface area contributed by atoms with Gasteiger partial charge < -0.3 is 53.8 Å². The van der Waals surface area contributed by atoms with Crippen molar-refractivity contribution in [1.82, 2.24) is 25.8 Å². The Bertz CT molecular complexity index is 2270. The van der Waals surface area contributed by atoms with E-state index in [-0.39, 0.29) is 70.5 Å². The maximum absolute atomic E-state index is 15.5. The number of ether oxygens (including phenoxy) is 5. The number of carbonyl (C=O) groups is 6.